The Morgan fingerprint density at radius 3 is 2.66 bits per heavy atom. The van der Waals surface area contributed by atoms with Gasteiger partial charge in [0.2, 0.25) is 5.95 Å². The maximum absolute atomic E-state index is 13.5. The number of benzene rings is 2. The van der Waals surface area contributed by atoms with Crippen LogP contribution >= 0.6 is 0 Å². The SMILES string of the molecule is COc1cccc(C(=O)N2CCCC[C@@H]2c2nc(N(C)C)ncc2-c2ccc(F)cc2)c1. The molecule has 7 heteroatoms. The highest BCUT2D eigenvalue weighted by Crippen LogP contribution is 2.37. The minimum atomic E-state index is -0.298. The van der Waals surface area contributed by atoms with Gasteiger partial charge in [0, 0.05) is 38.0 Å². The Balaban J connectivity index is 1.78. The maximum atomic E-state index is 13.5. The molecule has 0 bridgehead atoms. The van der Waals surface area contributed by atoms with Gasteiger partial charge in [0.15, 0.2) is 0 Å². The second kappa shape index (κ2) is 9.34. The van der Waals surface area contributed by atoms with Crippen molar-refractivity contribution in [3.05, 3.63) is 71.8 Å². The zero-order valence-electron chi connectivity index (χ0n) is 18.6. The minimum absolute atomic E-state index is 0.0522. The van der Waals surface area contributed by atoms with Gasteiger partial charge in [-0.1, -0.05) is 18.2 Å². The molecule has 2 heterocycles. The molecule has 2 aromatic carbocycles. The number of aromatic nitrogens is 2. The van der Waals surface area contributed by atoms with Crippen molar-refractivity contribution < 1.29 is 13.9 Å². The van der Waals surface area contributed by atoms with E-state index in [1.165, 1.54) is 12.1 Å². The number of piperidine rings is 1. The van der Waals surface area contributed by atoms with Crippen LogP contribution in [-0.2, 0) is 0 Å². The van der Waals surface area contributed by atoms with E-state index in [2.05, 4.69) is 4.98 Å². The van der Waals surface area contributed by atoms with Crippen molar-refractivity contribution >= 4 is 11.9 Å². The Labute approximate surface area is 187 Å². The van der Waals surface area contributed by atoms with Crippen LogP contribution in [-0.4, -0.2) is 48.5 Å². The number of carbonyl (C=O) groups excluding carboxylic acids is 1. The molecule has 1 aromatic heterocycles. The number of nitrogens with zero attached hydrogens (tertiary/aromatic N) is 4. The lowest BCUT2D eigenvalue weighted by Gasteiger charge is -2.36. The summed E-state index contributed by atoms with van der Waals surface area (Å²) in [5, 5.41) is 0. The number of rotatable bonds is 5. The minimum Gasteiger partial charge on any atom is -0.497 e. The van der Waals surface area contributed by atoms with E-state index >= 15 is 0 Å². The molecule has 0 spiro atoms. The highest BCUT2D eigenvalue weighted by Gasteiger charge is 2.32. The van der Waals surface area contributed by atoms with Crippen LogP contribution in [0.5, 0.6) is 5.75 Å². The van der Waals surface area contributed by atoms with Gasteiger partial charge < -0.3 is 14.5 Å². The number of ether oxygens (including phenoxy) is 1. The molecule has 1 saturated heterocycles. The van der Waals surface area contributed by atoms with Gasteiger partial charge in [0.1, 0.15) is 11.6 Å². The molecule has 0 radical (unpaired) electrons. The van der Waals surface area contributed by atoms with E-state index in [0.29, 0.717) is 23.8 Å². The highest BCUT2D eigenvalue weighted by molar-refractivity contribution is 5.95. The second-order valence-corrected chi connectivity index (χ2v) is 8.11. The molecule has 166 valence electrons. The number of carbonyl (C=O) groups is 1. The van der Waals surface area contributed by atoms with Crippen LogP contribution in [0.15, 0.2) is 54.7 Å². The fourth-order valence-corrected chi connectivity index (χ4v) is 4.09. The molecule has 1 aliphatic heterocycles. The molecule has 6 nitrogen and oxygen atoms in total. The van der Waals surface area contributed by atoms with Crippen LogP contribution in [0.4, 0.5) is 10.3 Å². The van der Waals surface area contributed by atoms with Gasteiger partial charge in [0.05, 0.1) is 18.8 Å². The molecular weight excluding hydrogens is 407 g/mol. The Bertz CT molecular complexity index is 1100. The van der Waals surface area contributed by atoms with E-state index in [4.69, 9.17) is 9.72 Å². The summed E-state index contributed by atoms with van der Waals surface area (Å²) in [7, 11) is 5.36. The summed E-state index contributed by atoms with van der Waals surface area (Å²) in [5.41, 5.74) is 3.00. The van der Waals surface area contributed by atoms with Crippen molar-refractivity contribution in [1.82, 2.24) is 14.9 Å². The predicted molar refractivity (Wildman–Crippen MR) is 122 cm³/mol. The lowest BCUT2D eigenvalue weighted by molar-refractivity contribution is 0.0606. The number of likely N-dealkylation sites (tertiary alicyclic amines) is 1. The van der Waals surface area contributed by atoms with Crippen LogP contribution in [0.2, 0.25) is 0 Å². The molecule has 3 aromatic rings. The molecule has 0 aliphatic carbocycles. The predicted octanol–water partition coefficient (Wildman–Crippen LogP) is 4.72. The fourth-order valence-electron chi connectivity index (χ4n) is 4.09. The van der Waals surface area contributed by atoms with E-state index in [9.17, 15) is 9.18 Å². The molecule has 0 saturated carbocycles. The smallest absolute Gasteiger partial charge is 0.254 e. The van der Waals surface area contributed by atoms with Crippen molar-refractivity contribution in [1.29, 1.82) is 0 Å². The van der Waals surface area contributed by atoms with Crippen molar-refractivity contribution in [2.45, 2.75) is 25.3 Å². The summed E-state index contributed by atoms with van der Waals surface area (Å²) < 4.78 is 18.8. The summed E-state index contributed by atoms with van der Waals surface area (Å²) in [4.78, 5) is 26.6. The van der Waals surface area contributed by atoms with Crippen molar-refractivity contribution in [3.63, 3.8) is 0 Å². The second-order valence-electron chi connectivity index (χ2n) is 8.11. The van der Waals surface area contributed by atoms with E-state index in [0.717, 1.165) is 36.1 Å². The lowest BCUT2D eigenvalue weighted by Crippen LogP contribution is -2.39. The molecule has 0 unspecified atom stereocenters. The summed E-state index contributed by atoms with van der Waals surface area (Å²) in [6.07, 6.45) is 4.50. The molecule has 4 rings (SSSR count). The quantitative estimate of drug-likeness (QED) is 0.581. The average molecular weight is 435 g/mol. The van der Waals surface area contributed by atoms with Gasteiger partial charge >= 0.3 is 0 Å². The number of anilines is 1. The monoisotopic (exact) mass is 434 g/mol. The largest absolute Gasteiger partial charge is 0.497 e. The number of hydrogen-bond donors (Lipinski definition) is 0. The zero-order valence-corrected chi connectivity index (χ0v) is 18.6. The highest BCUT2D eigenvalue weighted by atomic mass is 19.1. The van der Waals surface area contributed by atoms with Crippen molar-refractivity contribution in [2.24, 2.45) is 0 Å². The van der Waals surface area contributed by atoms with Gasteiger partial charge in [-0.3, -0.25) is 4.79 Å². The van der Waals surface area contributed by atoms with E-state index in [-0.39, 0.29) is 17.8 Å². The Morgan fingerprint density at radius 1 is 1.16 bits per heavy atom. The first kappa shape index (κ1) is 21.7. The molecule has 1 amide bonds. The van der Waals surface area contributed by atoms with Gasteiger partial charge in [-0.2, -0.15) is 0 Å². The summed E-state index contributed by atoms with van der Waals surface area (Å²) in [6.45, 7) is 0.644. The Morgan fingerprint density at radius 2 is 1.94 bits per heavy atom. The topological polar surface area (TPSA) is 58.6 Å². The standard InChI is InChI=1S/C25H27FN4O2/c1-29(2)25-27-16-21(17-10-12-19(26)13-11-17)23(28-25)22-9-4-5-14-30(22)24(31)18-7-6-8-20(15-18)32-3/h6-8,10-13,15-16,22H,4-5,9,14H2,1-3H3/t22-/m1/s1. The fraction of sp³-hybridized carbons (Fsp3) is 0.320. The number of methoxy groups -OCH3 is 1. The molecule has 1 aliphatic rings. The number of halogens is 1. The first-order chi connectivity index (χ1) is 15.5. The Kier molecular flexibility index (Phi) is 6.35. The van der Waals surface area contributed by atoms with E-state index in [1.54, 1.807) is 31.5 Å². The molecule has 1 atom stereocenters. The van der Waals surface area contributed by atoms with Gasteiger partial charge in [-0.15, -0.1) is 0 Å². The van der Waals surface area contributed by atoms with E-state index in [1.807, 2.05) is 42.1 Å². The summed E-state index contributed by atoms with van der Waals surface area (Å²) in [5.74, 6) is 0.871. The van der Waals surface area contributed by atoms with Gasteiger partial charge in [-0.25, -0.2) is 14.4 Å². The normalized spacial score (nSPS) is 16.0. The van der Waals surface area contributed by atoms with E-state index < -0.39 is 0 Å². The first-order valence-electron chi connectivity index (χ1n) is 10.7. The summed E-state index contributed by atoms with van der Waals surface area (Å²) >= 11 is 0. The molecule has 1 fully saturated rings. The number of amides is 1. The summed E-state index contributed by atoms with van der Waals surface area (Å²) in [6, 6.07) is 13.3. The van der Waals surface area contributed by atoms with Crippen LogP contribution in [0, 0.1) is 5.82 Å². The van der Waals surface area contributed by atoms with Crippen molar-refractivity contribution in [2.75, 3.05) is 32.6 Å². The molecule has 0 N–H and O–H groups in total. The molecular formula is C25H27FN4O2. The zero-order chi connectivity index (χ0) is 22.7. The van der Waals surface area contributed by atoms with Gasteiger partial charge in [-0.05, 0) is 55.2 Å². The third kappa shape index (κ3) is 4.42. The van der Waals surface area contributed by atoms with Crippen LogP contribution in [0.1, 0.15) is 41.4 Å². The maximum Gasteiger partial charge on any atom is 0.254 e. The first-order valence-corrected chi connectivity index (χ1v) is 10.7. The average Bonchev–Trinajstić information content (AvgIpc) is 2.83. The third-order valence-corrected chi connectivity index (χ3v) is 5.76. The number of hydrogen-bond acceptors (Lipinski definition) is 5. The van der Waals surface area contributed by atoms with Crippen LogP contribution < -0.4 is 9.64 Å². The van der Waals surface area contributed by atoms with Gasteiger partial charge in [0.25, 0.3) is 5.91 Å². The third-order valence-electron chi connectivity index (χ3n) is 5.76. The van der Waals surface area contributed by atoms with Crippen LogP contribution in [0.25, 0.3) is 11.1 Å². The molecule has 32 heavy (non-hydrogen) atoms. The Hall–Kier alpha value is -3.48. The van der Waals surface area contributed by atoms with Crippen LogP contribution in [0.3, 0.4) is 0 Å². The van der Waals surface area contributed by atoms with Crippen molar-refractivity contribution in [3.8, 4) is 16.9 Å². The lowest BCUT2D eigenvalue weighted by atomic mass is 9.93.